The highest BCUT2D eigenvalue weighted by Gasteiger charge is 2.10. The lowest BCUT2D eigenvalue weighted by Crippen LogP contribution is -1.89. The van der Waals surface area contributed by atoms with Crippen molar-refractivity contribution in [2.45, 2.75) is 0 Å². The molecule has 0 heterocycles. The highest BCUT2D eigenvalue weighted by molar-refractivity contribution is 6.33. The minimum atomic E-state index is -0.510. The molecule has 2 rings (SSSR count). The van der Waals surface area contributed by atoms with Crippen LogP contribution in [0.25, 0.3) is 11.1 Å². The predicted molar refractivity (Wildman–Crippen MR) is 62.2 cm³/mol. The molecular weight excluding hydrogens is 246 g/mol. The molecule has 86 valence electrons. The summed E-state index contributed by atoms with van der Waals surface area (Å²) >= 11 is 5.84. The third kappa shape index (κ3) is 2.34. The number of hydrogen-bond acceptors (Lipinski definition) is 1. The second kappa shape index (κ2) is 4.63. The molecule has 2 aromatic rings. The molecule has 4 heteroatoms. The number of hydrogen-bond donors (Lipinski definition) is 0. The Morgan fingerprint density at radius 3 is 2.41 bits per heavy atom. The topological polar surface area (TPSA) is 17.1 Å². The molecule has 0 aliphatic heterocycles. The molecule has 0 saturated heterocycles. The number of carbonyl (C=O) groups excluding carboxylic acids is 1. The van der Waals surface area contributed by atoms with Gasteiger partial charge in [0.1, 0.15) is 17.9 Å². The van der Waals surface area contributed by atoms with Gasteiger partial charge in [-0.15, -0.1) is 0 Å². The van der Waals surface area contributed by atoms with Gasteiger partial charge in [0.05, 0.1) is 5.02 Å². The van der Waals surface area contributed by atoms with Crippen molar-refractivity contribution >= 4 is 17.9 Å². The summed E-state index contributed by atoms with van der Waals surface area (Å²) in [7, 11) is 0. The Hall–Kier alpha value is -1.74. The first-order valence-corrected chi connectivity index (χ1v) is 5.20. The minimum Gasteiger partial charge on any atom is -0.298 e. The lowest BCUT2D eigenvalue weighted by molar-refractivity contribution is 0.112. The van der Waals surface area contributed by atoms with Crippen LogP contribution in [0.5, 0.6) is 0 Å². The van der Waals surface area contributed by atoms with Crippen LogP contribution in [0.3, 0.4) is 0 Å². The lowest BCUT2D eigenvalue weighted by atomic mass is 10.0. The number of benzene rings is 2. The van der Waals surface area contributed by atoms with Crippen LogP contribution in [0.2, 0.25) is 5.02 Å². The maximum atomic E-state index is 13.6. The van der Waals surface area contributed by atoms with Crippen LogP contribution < -0.4 is 0 Å². The quantitative estimate of drug-likeness (QED) is 0.736. The molecule has 0 aliphatic carbocycles. The van der Waals surface area contributed by atoms with Gasteiger partial charge in [0, 0.05) is 16.7 Å². The van der Waals surface area contributed by atoms with Crippen LogP contribution in [-0.2, 0) is 0 Å². The third-order valence-corrected chi connectivity index (χ3v) is 2.66. The van der Waals surface area contributed by atoms with Gasteiger partial charge in [0.25, 0.3) is 0 Å². The molecule has 2 aromatic carbocycles. The maximum Gasteiger partial charge on any atom is 0.150 e. The molecule has 17 heavy (non-hydrogen) atoms. The van der Waals surface area contributed by atoms with Crippen LogP contribution in [0.1, 0.15) is 10.4 Å². The van der Waals surface area contributed by atoms with Crippen molar-refractivity contribution in [1.29, 1.82) is 0 Å². The van der Waals surface area contributed by atoms with Gasteiger partial charge in [-0.2, -0.15) is 0 Å². The molecule has 0 aliphatic rings. The van der Waals surface area contributed by atoms with E-state index in [2.05, 4.69) is 0 Å². The largest absolute Gasteiger partial charge is 0.298 e. The maximum absolute atomic E-state index is 13.6. The van der Waals surface area contributed by atoms with Crippen LogP contribution in [0.4, 0.5) is 8.78 Å². The van der Waals surface area contributed by atoms with Crippen molar-refractivity contribution in [3.8, 4) is 11.1 Å². The Labute approximate surface area is 102 Å². The van der Waals surface area contributed by atoms with Crippen molar-refractivity contribution in [2.24, 2.45) is 0 Å². The normalized spacial score (nSPS) is 10.3. The van der Waals surface area contributed by atoms with Gasteiger partial charge < -0.3 is 0 Å². The molecule has 0 saturated carbocycles. The van der Waals surface area contributed by atoms with Gasteiger partial charge in [-0.25, -0.2) is 8.78 Å². The molecule has 0 amide bonds. The highest BCUT2D eigenvalue weighted by Crippen LogP contribution is 2.30. The molecule has 0 unspecified atom stereocenters. The fourth-order valence-corrected chi connectivity index (χ4v) is 1.80. The molecule has 0 N–H and O–H groups in total. The van der Waals surface area contributed by atoms with E-state index in [0.717, 1.165) is 6.07 Å². The summed E-state index contributed by atoms with van der Waals surface area (Å²) in [5, 5.41) is 0.104. The van der Waals surface area contributed by atoms with E-state index >= 15 is 0 Å². The van der Waals surface area contributed by atoms with E-state index in [1.807, 2.05) is 0 Å². The summed E-state index contributed by atoms with van der Waals surface area (Å²) in [6, 6.07) is 7.59. The summed E-state index contributed by atoms with van der Waals surface area (Å²) in [5.41, 5.74) is 0.871. The SMILES string of the molecule is O=Cc1ccc(F)c(-c2ccc(F)cc2Cl)c1. The first kappa shape index (κ1) is 11.7. The standard InChI is InChI=1S/C13H7ClF2O/c14-12-6-9(15)2-3-10(12)11-5-8(7-17)1-4-13(11)16/h1-7H. The molecule has 1 nitrogen and oxygen atoms in total. The highest BCUT2D eigenvalue weighted by atomic mass is 35.5. The summed E-state index contributed by atoms with van der Waals surface area (Å²) in [6.07, 6.45) is 0.611. The summed E-state index contributed by atoms with van der Waals surface area (Å²) < 4.78 is 26.5. The zero-order valence-corrected chi connectivity index (χ0v) is 9.34. The van der Waals surface area contributed by atoms with E-state index in [9.17, 15) is 13.6 Å². The Morgan fingerprint density at radius 2 is 1.76 bits per heavy atom. The van der Waals surface area contributed by atoms with Gasteiger partial charge in [-0.3, -0.25) is 4.79 Å². The monoisotopic (exact) mass is 252 g/mol. The third-order valence-electron chi connectivity index (χ3n) is 2.35. The Kier molecular flexibility index (Phi) is 3.20. The van der Waals surface area contributed by atoms with E-state index in [4.69, 9.17) is 11.6 Å². The first-order valence-electron chi connectivity index (χ1n) is 4.82. The summed E-state index contributed by atoms with van der Waals surface area (Å²) in [6.45, 7) is 0. The van der Waals surface area contributed by atoms with Gasteiger partial charge in [-0.05, 0) is 36.4 Å². The Balaban J connectivity index is 2.63. The number of rotatable bonds is 2. The summed E-state index contributed by atoms with van der Waals surface area (Å²) in [4.78, 5) is 10.6. The van der Waals surface area contributed by atoms with Gasteiger partial charge >= 0.3 is 0 Å². The average molecular weight is 253 g/mol. The molecule has 0 fully saturated rings. The fourth-order valence-electron chi connectivity index (χ4n) is 1.53. The second-order valence-electron chi connectivity index (χ2n) is 3.48. The van der Waals surface area contributed by atoms with Crippen molar-refractivity contribution in [1.82, 2.24) is 0 Å². The first-order chi connectivity index (χ1) is 8.11. The van der Waals surface area contributed by atoms with Crippen molar-refractivity contribution in [2.75, 3.05) is 0 Å². The van der Waals surface area contributed by atoms with Crippen molar-refractivity contribution in [3.63, 3.8) is 0 Å². The zero-order chi connectivity index (χ0) is 12.4. The van der Waals surface area contributed by atoms with E-state index in [1.165, 1.54) is 30.3 Å². The van der Waals surface area contributed by atoms with Crippen LogP contribution >= 0.6 is 11.6 Å². The number of carbonyl (C=O) groups is 1. The van der Waals surface area contributed by atoms with E-state index < -0.39 is 11.6 Å². The second-order valence-corrected chi connectivity index (χ2v) is 3.89. The molecule has 0 atom stereocenters. The average Bonchev–Trinajstić information content (AvgIpc) is 2.30. The lowest BCUT2D eigenvalue weighted by Gasteiger charge is -2.06. The van der Waals surface area contributed by atoms with E-state index in [-0.39, 0.29) is 10.6 Å². The predicted octanol–water partition coefficient (Wildman–Crippen LogP) is 4.10. The van der Waals surface area contributed by atoms with Crippen molar-refractivity contribution in [3.05, 3.63) is 58.6 Å². The Bertz CT molecular complexity index is 582. The van der Waals surface area contributed by atoms with Gasteiger partial charge in [0.2, 0.25) is 0 Å². The van der Waals surface area contributed by atoms with Gasteiger partial charge in [0.15, 0.2) is 0 Å². The molecule has 0 spiro atoms. The molecule has 0 radical (unpaired) electrons. The smallest absolute Gasteiger partial charge is 0.150 e. The molecule has 0 bridgehead atoms. The van der Waals surface area contributed by atoms with Crippen LogP contribution in [0.15, 0.2) is 36.4 Å². The van der Waals surface area contributed by atoms with Crippen LogP contribution in [0, 0.1) is 11.6 Å². The number of aldehydes is 1. The Morgan fingerprint density at radius 1 is 1.00 bits per heavy atom. The van der Waals surface area contributed by atoms with Gasteiger partial charge in [-0.1, -0.05) is 11.6 Å². The summed E-state index contributed by atoms with van der Waals surface area (Å²) in [5.74, 6) is -1.00. The zero-order valence-electron chi connectivity index (χ0n) is 8.58. The van der Waals surface area contributed by atoms with Crippen molar-refractivity contribution < 1.29 is 13.6 Å². The molecule has 0 aromatic heterocycles. The molecular formula is C13H7ClF2O. The number of halogens is 3. The fraction of sp³-hybridized carbons (Fsp3) is 0. The van der Waals surface area contributed by atoms with E-state index in [1.54, 1.807) is 0 Å². The van der Waals surface area contributed by atoms with E-state index in [0.29, 0.717) is 17.4 Å². The van der Waals surface area contributed by atoms with Crippen LogP contribution in [-0.4, -0.2) is 6.29 Å². The minimum absolute atomic E-state index is 0.104.